The maximum atomic E-state index is 14.0. The van der Waals surface area contributed by atoms with Gasteiger partial charge in [-0.25, -0.2) is 4.68 Å². The molecule has 0 fully saturated rings. The van der Waals surface area contributed by atoms with Crippen molar-refractivity contribution in [1.82, 2.24) is 25.3 Å². The highest BCUT2D eigenvalue weighted by molar-refractivity contribution is 6.01. The monoisotopic (exact) mass is 500 g/mol. The Morgan fingerprint density at radius 2 is 1.84 bits per heavy atom. The molecule has 192 valence electrons. The number of hydrogen-bond donors (Lipinski definition) is 1. The molecule has 0 saturated carbocycles. The summed E-state index contributed by atoms with van der Waals surface area (Å²) >= 11 is 0. The first-order chi connectivity index (χ1) is 18.0. The lowest BCUT2D eigenvalue weighted by Gasteiger charge is -2.32. The van der Waals surface area contributed by atoms with Crippen molar-refractivity contribution < 1.29 is 14.3 Å². The molecule has 1 unspecified atom stereocenters. The van der Waals surface area contributed by atoms with Crippen molar-refractivity contribution in [1.29, 1.82) is 0 Å². The highest BCUT2D eigenvalue weighted by Gasteiger charge is 2.33. The lowest BCUT2D eigenvalue weighted by Crippen LogP contribution is -2.45. The van der Waals surface area contributed by atoms with Crippen molar-refractivity contribution in [3.05, 3.63) is 78.6 Å². The number of carbonyl (C=O) groups is 2. The van der Waals surface area contributed by atoms with Gasteiger partial charge in [-0.15, -0.1) is 5.10 Å². The van der Waals surface area contributed by atoms with Crippen LogP contribution in [0.15, 0.2) is 73.1 Å². The first kappa shape index (κ1) is 25.8. The van der Waals surface area contributed by atoms with Gasteiger partial charge in [0.05, 0.1) is 12.1 Å². The van der Waals surface area contributed by atoms with E-state index in [1.54, 1.807) is 41.3 Å². The molecule has 9 nitrogen and oxygen atoms in total. The minimum absolute atomic E-state index is 0.0970. The van der Waals surface area contributed by atoms with E-state index in [1.807, 2.05) is 43.3 Å². The van der Waals surface area contributed by atoms with Crippen LogP contribution in [0.2, 0.25) is 0 Å². The maximum absolute atomic E-state index is 14.0. The molecule has 0 radical (unpaired) electrons. The van der Waals surface area contributed by atoms with Gasteiger partial charge in [0, 0.05) is 30.7 Å². The number of aromatic nitrogens is 4. The van der Waals surface area contributed by atoms with Crippen molar-refractivity contribution in [3.8, 4) is 5.75 Å². The zero-order valence-electron chi connectivity index (χ0n) is 21.4. The molecule has 4 rings (SSSR count). The number of hydrogen-bond acceptors (Lipinski definition) is 6. The number of anilines is 1. The topological polar surface area (TPSA) is 102 Å². The summed E-state index contributed by atoms with van der Waals surface area (Å²) in [6.45, 7) is 6.99. The fourth-order valence-corrected chi connectivity index (χ4v) is 4.11. The van der Waals surface area contributed by atoms with E-state index in [0.29, 0.717) is 41.6 Å². The van der Waals surface area contributed by atoms with Crippen molar-refractivity contribution in [3.63, 3.8) is 0 Å². The molecule has 0 spiro atoms. The van der Waals surface area contributed by atoms with Gasteiger partial charge < -0.3 is 10.1 Å². The van der Waals surface area contributed by atoms with E-state index in [4.69, 9.17) is 4.74 Å². The number of carbonyl (C=O) groups excluding carboxylic acids is 2. The Kier molecular flexibility index (Phi) is 8.45. The summed E-state index contributed by atoms with van der Waals surface area (Å²) < 4.78 is 7.25. The number of nitrogens with zero attached hydrogens (tertiary/aromatic N) is 5. The SMILES string of the molecule is CCOc1cccc(N(C(=O)Cn2nnc3ccccc32)C(C(=O)NCCC(C)C)c2ccncc2)c1. The summed E-state index contributed by atoms with van der Waals surface area (Å²) in [5, 5.41) is 11.4. The predicted molar refractivity (Wildman–Crippen MR) is 142 cm³/mol. The summed E-state index contributed by atoms with van der Waals surface area (Å²) in [5.74, 6) is 0.453. The van der Waals surface area contributed by atoms with Gasteiger partial charge in [-0.1, -0.05) is 37.3 Å². The van der Waals surface area contributed by atoms with E-state index in [0.717, 1.165) is 11.9 Å². The van der Waals surface area contributed by atoms with Crippen LogP contribution in [0.3, 0.4) is 0 Å². The van der Waals surface area contributed by atoms with Gasteiger partial charge in [-0.3, -0.25) is 19.5 Å². The van der Waals surface area contributed by atoms with Crippen LogP contribution in [-0.4, -0.2) is 44.9 Å². The smallest absolute Gasteiger partial charge is 0.249 e. The molecule has 0 aliphatic rings. The lowest BCUT2D eigenvalue weighted by molar-refractivity contribution is -0.127. The minimum Gasteiger partial charge on any atom is -0.494 e. The van der Waals surface area contributed by atoms with Gasteiger partial charge in [0.25, 0.3) is 0 Å². The number of benzene rings is 2. The molecule has 2 aromatic heterocycles. The summed E-state index contributed by atoms with van der Waals surface area (Å²) in [6.07, 6.45) is 4.06. The molecule has 9 heteroatoms. The molecule has 4 aromatic rings. The maximum Gasteiger partial charge on any atom is 0.249 e. The first-order valence-corrected chi connectivity index (χ1v) is 12.5. The van der Waals surface area contributed by atoms with Crippen molar-refractivity contribution in [2.75, 3.05) is 18.1 Å². The van der Waals surface area contributed by atoms with Gasteiger partial charge in [0.1, 0.15) is 23.9 Å². The van der Waals surface area contributed by atoms with E-state index in [-0.39, 0.29) is 18.4 Å². The second-order valence-electron chi connectivity index (χ2n) is 9.09. The van der Waals surface area contributed by atoms with Gasteiger partial charge in [-0.05, 0) is 61.2 Å². The first-order valence-electron chi connectivity index (χ1n) is 12.5. The van der Waals surface area contributed by atoms with E-state index >= 15 is 0 Å². The van der Waals surface area contributed by atoms with Crippen LogP contribution in [0.4, 0.5) is 5.69 Å². The predicted octanol–water partition coefficient (Wildman–Crippen LogP) is 4.16. The molecule has 2 aromatic carbocycles. The molecule has 0 aliphatic heterocycles. The summed E-state index contributed by atoms with van der Waals surface area (Å²) in [7, 11) is 0. The van der Waals surface area contributed by atoms with Crippen LogP contribution >= 0.6 is 0 Å². The third-order valence-corrected chi connectivity index (χ3v) is 5.93. The Labute approximate surface area is 216 Å². The van der Waals surface area contributed by atoms with Crippen molar-refractivity contribution >= 4 is 28.5 Å². The molecule has 2 amide bonds. The Balaban J connectivity index is 1.76. The largest absolute Gasteiger partial charge is 0.494 e. The van der Waals surface area contributed by atoms with Crippen LogP contribution in [0, 0.1) is 5.92 Å². The number of para-hydroxylation sites is 1. The molecule has 0 bridgehead atoms. The van der Waals surface area contributed by atoms with Crippen LogP contribution in [0.1, 0.15) is 38.8 Å². The fraction of sp³-hybridized carbons (Fsp3) is 0.321. The van der Waals surface area contributed by atoms with Crippen LogP contribution in [0.25, 0.3) is 11.0 Å². The Morgan fingerprint density at radius 1 is 1.05 bits per heavy atom. The van der Waals surface area contributed by atoms with Crippen molar-refractivity contribution in [2.45, 2.75) is 39.8 Å². The molecular weight excluding hydrogens is 468 g/mol. The summed E-state index contributed by atoms with van der Waals surface area (Å²) in [4.78, 5) is 33.3. The highest BCUT2D eigenvalue weighted by Crippen LogP contribution is 2.31. The van der Waals surface area contributed by atoms with E-state index in [1.165, 1.54) is 4.90 Å². The summed E-state index contributed by atoms with van der Waals surface area (Å²) in [5.41, 5.74) is 2.62. The zero-order valence-corrected chi connectivity index (χ0v) is 21.4. The van der Waals surface area contributed by atoms with E-state index < -0.39 is 6.04 Å². The molecule has 37 heavy (non-hydrogen) atoms. The second kappa shape index (κ2) is 12.1. The van der Waals surface area contributed by atoms with Crippen molar-refractivity contribution in [2.24, 2.45) is 5.92 Å². The number of fused-ring (bicyclic) bond motifs is 1. The molecule has 1 N–H and O–H groups in total. The average Bonchev–Trinajstić information content (AvgIpc) is 3.30. The van der Waals surface area contributed by atoms with E-state index in [9.17, 15) is 9.59 Å². The molecule has 2 heterocycles. The molecule has 1 atom stereocenters. The summed E-state index contributed by atoms with van der Waals surface area (Å²) in [6, 6.07) is 17.2. The van der Waals surface area contributed by atoms with Gasteiger partial charge in [0.2, 0.25) is 11.8 Å². The normalized spacial score (nSPS) is 11.9. The van der Waals surface area contributed by atoms with Gasteiger partial charge in [0.15, 0.2) is 0 Å². The van der Waals surface area contributed by atoms with Crippen LogP contribution in [0.5, 0.6) is 5.75 Å². The van der Waals surface area contributed by atoms with Gasteiger partial charge in [-0.2, -0.15) is 0 Å². The number of ether oxygens (including phenoxy) is 1. The third-order valence-electron chi connectivity index (χ3n) is 5.93. The number of amides is 2. The van der Waals surface area contributed by atoms with Gasteiger partial charge >= 0.3 is 0 Å². The van der Waals surface area contributed by atoms with Crippen LogP contribution < -0.4 is 15.0 Å². The number of rotatable bonds is 11. The minimum atomic E-state index is -0.922. The quantitative estimate of drug-likeness (QED) is 0.332. The average molecular weight is 501 g/mol. The molecular formula is C28H32N6O3. The molecule has 0 saturated heterocycles. The number of nitrogens with one attached hydrogen (secondary N) is 1. The Hall–Kier alpha value is -4.27. The second-order valence-corrected chi connectivity index (χ2v) is 9.09. The van der Waals surface area contributed by atoms with E-state index in [2.05, 4.69) is 34.5 Å². The lowest BCUT2D eigenvalue weighted by atomic mass is 10.0. The van der Waals surface area contributed by atoms with Crippen LogP contribution in [-0.2, 0) is 16.1 Å². The highest BCUT2D eigenvalue weighted by atomic mass is 16.5. The Morgan fingerprint density at radius 3 is 2.59 bits per heavy atom. The third kappa shape index (κ3) is 6.30. The standard InChI is InChI=1S/C28H32N6O3/c1-4-37-23-9-7-8-22(18-23)34(26(35)19-33-25-11-6-5-10-24(25)31-32-33)27(21-13-15-29-16-14-21)28(36)30-17-12-20(2)3/h5-11,13-16,18,20,27H,4,12,17,19H2,1-3H3,(H,30,36). The molecule has 0 aliphatic carbocycles. The fourth-order valence-electron chi connectivity index (χ4n) is 4.11. The Bertz CT molecular complexity index is 1340. The zero-order chi connectivity index (χ0) is 26.2. The number of pyridine rings is 1.